The number of aliphatic hydroxyl groups excluding tert-OH is 1. The number of hydrogen-bond acceptors (Lipinski definition) is 8. The SMILES string of the molecule is CCn1c(CO)nn(-c2cc(O[C@@H](C)C(F)(F)F)c3c(OC(COC)COC)nccc3c2)c1=O. The van der Waals surface area contributed by atoms with E-state index in [1.54, 1.807) is 19.1 Å². The van der Waals surface area contributed by atoms with E-state index in [1.807, 2.05) is 0 Å². The van der Waals surface area contributed by atoms with Gasteiger partial charge >= 0.3 is 11.9 Å². The van der Waals surface area contributed by atoms with Gasteiger partial charge in [0.1, 0.15) is 18.5 Å². The van der Waals surface area contributed by atoms with Crippen molar-refractivity contribution >= 4 is 10.8 Å². The van der Waals surface area contributed by atoms with Gasteiger partial charge in [0, 0.05) is 33.0 Å². The third kappa shape index (κ3) is 5.74. The van der Waals surface area contributed by atoms with Crippen LogP contribution >= 0.6 is 0 Å². The maximum absolute atomic E-state index is 13.4. The molecule has 2 heterocycles. The number of methoxy groups -OCH3 is 2. The summed E-state index contributed by atoms with van der Waals surface area (Å²) in [5.41, 5.74) is -0.409. The third-order valence-electron chi connectivity index (χ3n) is 5.17. The molecule has 0 spiro atoms. The molecule has 0 bridgehead atoms. The highest BCUT2D eigenvalue weighted by molar-refractivity contribution is 5.94. The molecule has 0 radical (unpaired) electrons. The molecule has 3 aromatic rings. The Labute approximate surface area is 198 Å². The Morgan fingerprint density at radius 2 is 1.83 bits per heavy atom. The normalized spacial score (nSPS) is 12.9. The summed E-state index contributed by atoms with van der Waals surface area (Å²) in [5.74, 6) is -0.0769. The second-order valence-electron chi connectivity index (χ2n) is 7.62. The fourth-order valence-electron chi connectivity index (χ4n) is 3.48. The van der Waals surface area contributed by atoms with Gasteiger partial charge in [0.2, 0.25) is 5.88 Å². The lowest BCUT2D eigenvalue weighted by Gasteiger charge is -2.22. The van der Waals surface area contributed by atoms with Crippen molar-refractivity contribution in [2.45, 2.75) is 45.4 Å². The summed E-state index contributed by atoms with van der Waals surface area (Å²) in [5, 5.41) is 14.2. The predicted molar refractivity (Wildman–Crippen MR) is 119 cm³/mol. The summed E-state index contributed by atoms with van der Waals surface area (Å²) in [7, 11) is 2.95. The number of aliphatic hydroxyl groups is 1. The minimum absolute atomic E-state index is 0.0139. The number of hydrogen-bond donors (Lipinski definition) is 1. The fraction of sp³-hybridized carbons (Fsp3) is 0.500. The first-order valence-corrected chi connectivity index (χ1v) is 10.7. The van der Waals surface area contributed by atoms with Crippen LogP contribution in [0.4, 0.5) is 13.2 Å². The summed E-state index contributed by atoms with van der Waals surface area (Å²) in [6.07, 6.45) is -5.99. The maximum Gasteiger partial charge on any atom is 0.425 e. The Morgan fingerprint density at radius 3 is 2.37 bits per heavy atom. The summed E-state index contributed by atoms with van der Waals surface area (Å²) in [6, 6.07) is 4.36. The van der Waals surface area contributed by atoms with Crippen LogP contribution in [-0.4, -0.2) is 70.3 Å². The predicted octanol–water partition coefficient (Wildman–Crippen LogP) is 2.46. The first kappa shape index (κ1) is 26.4. The van der Waals surface area contributed by atoms with Crippen LogP contribution in [-0.2, 0) is 22.6 Å². The quantitative estimate of drug-likeness (QED) is 0.428. The molecular weight excluding hydrogens is 473 g/mol. The van der Waals surface area contributed by atoms with E-state index in [0.717, 1.165) is 11.6 Å². The Balaban J connectivity index is 2.22. The molecule has 1 atom stereocenters. The number of nitrogens with zero attached hydrogens (tertiary/aromatic N) is 4. The van der Waals surface area contributed by atoms with E-state index in [4.69, 9.17) is 18.9 Å². The number of pyridine rings is 1. The summed E-state index contributed by atoms with van der Waals surface area (Å²) < 4.78 is 63.9. The zero-order valence-electron chi connectivity index (χ0n) is 19.7. The van der Waals surface area contributed by atoms with Crippen LogP contribution < -0.4 is 15.2 Å². The van der Waals surface area contributed by atoms with Crippen LogP contribution in [0.25, 0.3) is 16.5 Å². The van der Waals surface area contributed by atoms with Crippen molar-refractivity contribution in [3.05, 3.63) is 40.7 Å². The smallest absolute Gasteiger partial charge is 0.425 e. The van der Waals surface area contributed by atoms with Crippen molar-refractivity contribution in [1.29, 1.82) is 0 Å². The molecule has 1 aromatic carbocycles. The van der Waals surface area contributed by atoms with Crippen molar-refractivity contribution in [2.75, 3.05) is 27.4 Å². The Bertz CT molecular complexity index is 1200. The van der Waals surface area contributed by atoms with E-state index in [-0.39, 0.29) is 48.3 Å². The number of halogens is 3. The van der Waals surface area contributed by atoms with Gasteiger partial charge in [0.25, 0.3) is 0 Å². The maximum atomic E-state index is 13.4. The Hall–Kier alpha value is -3.16. The van der Waals surface area contributed by atoms with Gasteiger partial charge in [-0.3, -0.25) is 4.57 Å². The molecule has 192 valence electrons. The molecule has 0 aliphatic heterocycles. The number of fused-ring (bicyclic) bond motifs is 1. The largest absolute Gasteiger partial charge is 0.480 e. The topological polar surface area (TPSA) is 110 Å². The van der Waals surface area contributed by atoms with Gasteiger partial charge in [-0.25, -0.2) is 9.78 Å². The van der Waals surface area contributed by atoms with Crippen molar-refractivity contribution in [2.24, 2.45) is 0 Å². The standard InChI is InChI=1S/C22H27F3N4O6/c1-5-28-18(10-30)27-29(21(28)31)15-8-14-6-7-26-20(35-16(11-32-3)12-33-4)19(14)17(9-15)34-13(2)22(23,24)25/h6-9,13,16,30H,5,10-12H2,1-4H3/t13-/m0/s1. The lowest BCUT2D eigenvalue weighted by molar-refractivity contribution is -0.189. The number of aromatic nitrogens is 4. The van der Waals surface area contributed by atoms with Gasteiger partial charge in [-0.05, 0) is 31.4 Å². The lowest BCUT2D eigenvalue weighted by Crippen LogP contribution is -2.31. The van der Waals surface area contributed by atoms with Crippen molar-refractivity contribution < 1.29 is 37.2 Å². The van der Waals surface area contributed by atoms with E-state index in [0.29, 0.717) is 5.39 Å². The minimum atomic E-state index is -4.65. The van der Waals surface area contributed by atoms with Gasteiger partial charge in [0.05, 0.1) is 24.3 Å². The van der Waals surface area contributed by atoms with Crippen LogP contribution in [0.15, 0.2) is 29.2 Å². The first-order chi connectivity index (χ1) is 16.6. The van der Waals surface area contributed by atoms with Crippen molar-refractivity contribution in [1.82, 2.24) is 19.3 Å². The van der Waals surface area contributed by atoms with E-state index < -0.39 is 30.7 Å². The van der Waals surface area contributed by atoms with Crippen molar-refractivity contribution in [3.63, 3.8) is 0 Å². The van der Waals surface area contributed by atoms with Crippen LogP contribution in [0, 0.1) is 0 Å². The second-order valence-corrected chi connectivity index (χ2v) is 7.62. The van der Waals surface area contributed by atoms with Crippen LogP contribution in [0.5, 0.6) is 11.6 Å². The van der Waals surface area contributed by atoms with E-state index in [9.17, 15) is 23.1 Å². The molecular formula is C22H27F3N4O6. The highest BCUT2D eigenvalue weighted by Gasteiger charge is 2.38. The number of ether oxygens (including phenoxy) is 4. The van der Waals surface area contributed by atoms with E-state index in [1.165, 1.54) is 31.0 Å². The molecule has 3 rings (SSSR count). The zero-order valence-corrected chi connectivity index (χ0v) is 19.7. The van der Waals surface area contributed by atoms with E-state index in [2.05, 4.69) is 10.1 Å². The molecule has 35 heavy (non-hydrogen) atoms. The van der Waals surface area contributed by atoms with Gasteiger partial charge in [-0.15, -0.1) is 5.10 Å². The molecule has 0 amide bonds. The van der Waals surface area contributed by atoms with Crippen LogP contribution in [0.3, 0.4) is 0 Å². The number of alkyl halides is 3. The summed E-state index contributed by atoms with van der Waals surface area (Å²) in [4.78, 5) is 17.0. The van der Waals surface area contributed by atoms with Crippen LogP contribution in [0.1, 0.15) is 19.7 Å². The average Bonchev–Trinajstić information content (AvgIpc) is 3.14. The van der Waals surface area contributed by atoms with Crippen LogP contribution in [0.2, 0.25) is 0 Å². The van der Waals surface area contributed by atoms with E-state index >= 15 is 0 Å². The molecule has 13 heteroatoms. The molecule has 0 aliphatic carbocycles. The van der Waals surface area contributed by atoms with Crippen molar-refractivity contribution in [3.8, 4) is 17.3 Å². The fourth-order valence-corrected chi connectivity index (χ4v) is 3.48. The Morgan fingerprint density at radius 1 is 1.14 bits per heavy atom. The average molecular weight is 500 g/mol. The molecule has 0 saturated carbocycles. The zero-order chi connectivity index (χ0) is 25.8. The highest BCUT2D eigenvalue weighted by Crippen LogP contribution is 2.37. The summed E-state index contributed by atoms with van der Waals surface area (Å²) in [6.45, 7) is 2.63. The molecule has 1 N–H and O–H groups in total. The monoisotopic (exact) mass is 500 g/mol. The number of rotatable bonds is 11. The minimum Gasteiger partial charge on any atom is -0.480 e. The van der Waals surface area contributed by atoms with Gasteiger partial charge < -0.3 is 24.1 Å². The molecule has 0 aliphatic rings. The van der Waals surface area contributed by atoms with Gasteiger partial charge in [-0.1, -0.05) is 0 Å². The second kappa shape index (κ2) is 11.1. The summed E-state index contributed by atoms with van der Waals surface area (Å²) >= 11 is 0. The third-order valence-corrected chi connectivity index (χ3v) is 5.17. The number of benzene rings is 1. The first-order valence-electron chi connectivity index (χ1n) is 10.7. The molecule has 2 aromatic heterocycles. The Kier molecular flexibility index (Phi) is 8.35. The van der Waals surface area contributed by atoms with Gasteiger partial charge in [-0.2, -0.15) is 17.9 Å². The molecule has 0 saturated heterocycles. The molecule has 0 unspecified atom stereocenters. The molecule has 10 nitrogen and oxygen atoms in total. The molecule has 0 fully saturated rings. The lowest BCUT2D eigenvalue weighted by atomic mass is 10.1. The highest BCUT2D eigenvalue weighted by atomic mass is 19.4. The van der Waals surface area contributed by atoms with Gasteiger partial charge in [0.15, 0.2) is 11.9 Å².